The number of nitrogens with two attached hydrogens (primary N) is 1. The Morgan fingerprint density at radius 2 is 2.09 bits per heavy atom. The third-order valence-electron chi connectivity index (χ3n) is 4.00. The molecule has 0 bridgehead atoms. The minimum Gasteiger partial charge on any atom is -0.384 e. The van der Waals surface area contributed by atoms with E-state index in [0.29, 0.717) is 11.7 Å². The van der Waals surface area contributed by atoms with Gasteiger partial charge >= 0.3 is 6.03 Å². The largest absolute Gasteiger partial charge is 0.384 e. The van der Waals surface area contributed by atoms with E-state index in [1.165, 1.54) is 0 Å². The molecule has 1 fully saturated rings. The lowest BCUT2D eigenvalue weighted by Crippen LogP contribution is -2.43. The highest BCUT2D eigenvalue weighted by molar-refractivity contribution is 5.74. The number of nitrogens with one attached hydrogen (secondary N) is 2. The zero-order valence-corrected chi connectivity index (χ0v) is 14.3. The number of carbonyl (C=O) groups excluding carboxylic acids is 1. The fourth-order valence-electron chi connectivity index (χ4n) is 3.02. The molecule has 0 saturated heterocycles. The van der Waals surface area contributed by atoms with Crippen molar-refractivity contribution < 1.29 is 4.79 Å². The molecule has 124 valence electrons. The van der Waals surface area contributed by atoms with Crippen LogP contribution in [0.1, 0.15) is 65.5 Å². The van der Waals surface area contributed by atoms with Gasteiger partial charge in [0.15, 0.2) is 0 Å². The van der Waals surface area contributed by atoms with Gasteiger partial charge in [0.1, 0.15) is 5.82 Å². The fraction of sp³-hybridized carbons (Fsp3) is 0.750. The molecule has 0 unspecified atom stereocenters. The minimum atomic E-state index is -0.115. The highest BCUT2D eigenvalue weighted by atomic mass is 16.2. The Morgan fingerprint density at radius 3 is 2.64 bits per heavy atom. The molecular weight excluding hydrogens is 278 g/mol. The first-order chi connectivity index (χ1) is 10.2. The Labute approximate surface area is 132 Å². The van der Waals surface area contributed by atoms with Crippen LogP contribution in [0.5, 0.6) is 0 Å². The van der Waals surface area contributed by atoms with Crippen LogP contribution in [0.4, 0.5) is 10.6 Å². The van der Waals surface area contributed by atoms with Crippen LogP contribution in [0.15, 0.2) is 6.07 Å². The highest BCUT2D eigenvalue weighted by Crippen LogP contribution is 2.35. The van der Waals surface area contributed by atoms with Gasteiger partial charge in [-0.05, 0) is 53.9 Å². The van der Waals surface area contributed by atoms with Gasteiger partial charge in [-0.1, -0.05) is 0 Å². The quantitative estimate of drug-likeness (QED) is 0.802. The second-order valence-corrected chi connectivity index (χ2v) is 7.56. The molecule has 22 heavy (non-hydrogen) atoms. The lowest BCUT2D eigenvalue weighted by atomic mass is 10.0. The first-order valence-electron chi connectivity index (χ1n) is 8.09. The maximum atomic E-state index is 11.8. The summed E-state index contributed by atoms with van der Waals surface area (Å²) in [4.78, 5) is 11.8. The molecule has 6 heteroatoms. The first-order valence-corrected chi connectivity index (χ1v) is 8.09. The molecule has 6 nitrogen and oxygen atoms in total. The molecule has 0 spiro atoms. The SMILES string of the molecule is CC(C)NC(=O)N[C@H]1CC[C@@H](c2cc(N)n(C(C)(C)C)n2)C1. The molecule has 1 aromatic heterocycles. The Kier molecular flexibility index (Phi) is 4.68. The summed E-state index contributed by atoms with van der Waals surface area (Å²) in [6.07, 6.45) is 2.94. The van der Waals surface area contributed by atoms with Gasteiger partial charge in [0, 0.05) is 24.1 Å². The van der Waals surface area contributed by atoms with E-state index in [4.69, 9.17) is 5.73 Å². The van der Waals surface area contributed by atoms with Crippen molar-refractivity contribution in [2.24, 2.45) is 0 Å². The van der Waals surface area contributed by atoms with Crippen LogP contribution in [-0.2, 0) is 5.54 Å². The van der Waals surface area contributed by atoms with Crippen molar-refractivity contribution >= 4 is 11.8 Å². The average molecular weight is 307 g/mol. The van der Waals surface area contributed by atoms with Crippen LogP contribution in [-0.4, -0.2) is 27.9 Å². The number of anilines is 1. The fourth-order valence-corrected chi connectivity index (χ4v) is 3.02. The second-order valence-electron chi connectivity index (χ2n) is 7.56. The molecule has 1 aliphatic carbocycles. The molecule has 0 radical (unpaired) electrons. The third kappa shape index (κ3) is 3.93. The minimum absolute atomic E-state index is 0.0830. The molecule has 1 aromatic rings. The van der Waals surface area contributed by atoms with Crippen LogP contribution >= 0.6 is 0 Å². The molecular formula is C16H29N5O. The average Bonchev–Trinajstić information content (AvgIpc) is 2.93. The van der Waals surface area contributed by atoms with Gasteiger partial charge in [-0.25, -0.2) is 9.48 Å². The van der Waals surface area contributed by atoms with Crippen LogP contribution in [0.3, 0.4) is 0 Å². The number of hydrogen-bond donors (Lipinski definition) is 3. The lowest BCUT2D eigenvalue weighted by Gasteiger charge is -2.20. The van der Waals surface area contributed by atoms with Crippen molar-refractivity contribution in [3.8, 4) is 0 Å². The molecule has 1 saturated carbocycles. The maximum absolute atomic E-state index is 11.8. The monoisotopic (exact) mass is 307 g/mol. The number of urea groups is 1. The summed E-state index contributed by atoms with van der Waals surface area (Å²) < 4.78 is 1.88. The Morgan fingerprint density at radius 1 is 1.41 bits per heavy atom. The van der Waals surface area contributed by atoms with Gasteiger partial charge in [-0.15, -0.1) is 0 Å². The predicted octanol–water partition coefficient (Wildman–Crippen LogP) is 2.56. The van der Waals surface area contributed by atoms with E-state index < -0.39 is 0 Å². The van der Waals surface area contributed by atoms with Gasteiger partial charge in [-0.2, -0.15) is 5.10 Å². The van der Waals surface area contributed by atoms with Gasteiger partial charge in [0.25, 0.3) is 0 Å². The number of nitrogen functional groups attached to an aromatic ring is 1. The topological polar surface area (TPSA) is 85.0 Å². The van der Waals surface area contributed by atoms with Crippen molar-refractivity contribution in [3.63, 3.8) is 0 Å². The summed E-state index contributed by atoms with van der Waals surface area (Å²) in [5.74, 6) is 1.08. The second kappa shape index (κ2) is 6.18. The van der Waals surface area contributed by atoms with Gasteiger partial charge in [-0.3, -0.25) is 0 Å². The molecule has 1 aliphatic rings. The molecule has 2 amide bonds. The lowest BCUT2D eigenvalue weighted by molar-refractivity contribution is 0.234. The van der Waals surface area contributed by atoms with Crippen molar-refractivity contribution in [1.82, 2.24) is 20.4 Å². The van der Waals surface area contributed by atoms with Crippen LogP contribution in [0, 0.1) is 0 Å². The molecule has 4 N–H and O–H groups in total. The van der Waals surface area contributed by atoms with E-state index in [1.54, 1.807) is 0 Å². The predicted molar refractivity (Wildman–Crippen MR) is 88.8 cm³/mol. The molecule has 0 aliphatic heterocycles. The summed E-state index contributed by atoms with van der Waals surface area (Å²) in [6.45, 7) is 10.2. The van der Waals surface area contributed by atoms with Gasteiger partial charge < -0.3 is 16.4 Å². The van der Waals surface area contributed by atoms with E-state index in [2.05, 4.69) is 36.5 Å². The number of aromatic nitrogens is 2. The number of amides is 2. The highest BCUT2D eigenvalue weighted by Gasteiger charge is 2.30. The number of nitrogens with zero attached hydrogens (tertiary/aromatic N) is 2. The maximum Gasteiger partial charge on any atom is 0.315 e. The van der Waals surface area contributed by atoms with E-state index in [1.807, 2.05) is 24.6 Å². The number of carbonyl (C=O) groups is 1. The summed E-state index contributed by atoms with van der Waals surface area (Å²) in [5, 5.41) is 10.6. The summed E-state index contributed by atoms with van der Waals surface area (Å²) in [7, 11) is 0. The standard InChI is InChI=1S/C16H29N5O/c1-10(2)18-15(22)19-12-7-6-11(8-12)13-9-14(17)21(20-13)16(3,4)5/h9-12H,6-8,17H2,1-5H3,(H2,18,19,22)/t11-,12+/m1/s1. The normalized spacial score (nSPS) is 22.1. The smallest absolute Gasteiger partial charge is 0.315 e. The van der Waals surface area contributed by atoms with Gasteiger partial charge in [0.2, 0.25) is 0 Å². The van der Waals surface area contributed by atoms with E-state index in [-0.39, 0.29) is 23.7 Å². The number of rotatable bonds is 3. The van der Waals surface area contributed by atoms with Crippen LogP contribution in [0.2, 0.25) is 0 Å². The van der Waals surface area contributed by atoms with E-state index in [9.17, 15) is 4.79 Å². The van der Waals surface area contributed by atoms with E-state index in [0.717, 1.165) is 25.0 Å². The zero-order valence-electron chi connectivity index (χ0n) is 14.3. The number of hydrogen-bond acceptors (Lipinski definition) is 3. The van der Waals surface area contributed by atoms with Crippen molar-refractivity contribution in [2.75, 3.05) is 5.73 Å². The van der Waals surface area contributed by atoms with Crippen LogP contribution in [0.25, 0.3) is 0 Å². The summed E-state index contributed by atoms with van der Waals surface area (Å²) in [5.41, 5.74) is 7.01. The molecule has 0 aromatic carbocycles. The van der Waals surface area contributed by atoms with Crippen molar-refractivity contribution in [3.05, 3.63) is 11.8 Å². The molecule has 2 rings (SSSR count). The molecule has 1 heterocycles. The van der Waals surface area contributed by atoms with Crippen molar-refractivity contribution in [1.29, 1.82) is 0 Å². The Balaban J connectivity index is 1.97. The first kappa shape index (κ1) is 16.6. The zero-order chi connectivity index (χ0) is 16.5. The summed E-state index contributed by atoms with van der Waals surface area (Å²) in [6, 6.07) is 2.26. The Hall–Kier alpha value is -1.72. The summed E-state index contributed by atoms with van der Waals surface area (Å²) >= 11 is 0. The van der Waals surface area contributed by atoms with Crippen molar-refractivity contribution in [2.45, 2.75) is 77.4 Å². The molecule has 2 atom stereocenters. The third-order valence-corrected chi connectivity index (χ3v) is 4.00. The van der Waals surface area contributed by atoms with E-state index >= 15 is 0 Å². The van der Waals surface area contributed by atoms with Crippen LogP contribution < -0.4 is 16.4 Å². The Bertz CT molecular complexity index is 529. The van der Waals surface area contributed by atoms with Gasteiger partial charge in [0.05, 0.1) is 11.2 Å².